The molecule has 12 heteroatoms. The van der Waals surface area contributed by atoms with Crippen molar-refractivity contribution < 1.29 is 36.6 Å². The van der Waals surface area contributed by atoms with Gasteiger partial charge in [0.2, 0.25) is 11.9 Å². The molecule has 0 radical (unpaired) electrons. The van der Waals surface area contributed by atoms with E-state index in [-0.39, 0.29) is 54.7 Å². The quantitative estimate of drug-likeness (QED) is 0.260. The third kappa shape index (κ3) is 6.99. The highest BCUT2D eigenvalue weighted by atomic mass is 19.4. The summed E-state index contributed by atoms with van der Waals surface area (Å²) in [6.07, 6.45) is -2.84. The zero-order valence-corrected chi connectivity index (χ0v) is 26.5. The summed E-state index contributed by atoms with van der Waals surface area (Å²) in [6.45, 7) is 4.92. The topological polar surface area (TPSA) is 82.4 Å². The molecule has 1 saturated heterocycles. The van der Waals surface area contributed by atoms with Crippen molar-refractivity contribution in [1.29, 1.82) is 0 Å². The Morgan fingerprint density at radius 3 is 2.13 bits per heavy atom. The van der Waals surface area contributed by atoms with E-state index in [1.54, 1.807) is 12.4 Å². The second kappa shape index (κ2) is 12.7. The number of piperidine rings is 1. The van der Waals surface area contributed by atoms with Gasteiger partial charge in [0.25, 0.3) is 0 Å². The first kappa shape index (κ1) is 33.6. The van der Waals surface area contributed by atoms with Gasteiger partial charge in [-0.1, -0.05) is 26.0 Å². The summed E-state index contributed by atoms with van der Waals surface area (Å²) in [7, 11) is 0. The molecular weight excluding hydrogens is 622 g/mol. The third-order valence-electron chi connectivity index (χ3n) is 10.1. The molecule has 6 nitrogen and oxygen atoms in total. The molecule has 3 heterocycles. The van der Waals surface area contributed by atoms with E-state index in [0.717, 1.165) is 24.3 Å². The molecule has 2 N–H and O–H groups in total. The van der Waals surface area contributed by atoms with Gasteiger partial charge in [0.05, 0.1) is 24.0 Å². The first-order valence-electron chi connectivity index (χ1n) is 16.3. The largest absolute Gasteiger partial charge is 0.416 e. The van der Waals surface area contributed by atoms with Gasteiger partial charge >= 0.3 is 6.18 Å². The van der Waals surface area contributed by atoms with Crippen LogP contribution >= 0.6 is 0 Å². The molecule has 1 aliphatic heterocycles. The molecule has 1 saturated carbocycles. The zero-order valence-electron chi connectivity index (χ0n) is 26.5. The summed E-state index contributed by atoms with van der Waals surface area (Å²) >= 11 is 0. The molecule has 254 valence electrons. The average Bonchev–Trinajstić information content (AvgIpc) is 3.03. The third-order valence-corrected chi connectivity index (χ3v) is 10.1. The summed E-state index contributed by atoms with van der Waals surface area (Å²) in [5.41, 5.74) is 1.76. The van der Waals surface area contributed by atoms with Gasteiger partial charge in [-0.15, -0.1) is 0 Å². The maximum atomic E-state index is 17.1. The van der Waals surface area contributed by atoms with E-state index in [4.69, 9.17) is 4.98 Å². The minimum absolute atomic E-state index is 0.0174. The molecular formula is C35H40F6N4O2. The molecule has 2 aliphatic carbocycles. The number of halogens is 6. The Labute approximate surface area is 270 Å². The van der Waals surface area contributed by atoms with Crippen LogP contribution in [0.4, 0.5) is 32.3 Å². The highest BCUT2D eigenvalue weighted by Gasteiger charge is 2.43. The minimum atomic E-state index is -4.59. The van der Waals surface area contributed by atoms with Crippen LogP contribution in [0.3, 0.4) is 0 Å². The lowest BCUT2D eigenvalue weighted by molar-refractivity contribution is -0.137. The lowest BCUT2D eigenvalue weighted by Crippen LogP contribution is -2.36. The van der Waals surface area contributed by atoms with E-state index < -0.39 is 35.9 Å². The zero-order chi connectivity index (χ0) is 33.7. The molecule has 0 spiro atoms. The van der Waals surface area contributed by atoms with Crippen LogP contribution in [0.25, 0.3) is 0 Å². The van der Waals surface area contributed by atoms with Crippen molar-refractivity contribution in [2.75, 3.05) is 18.0 Å². The summed E-state index contributed by atoms with van der Waals surface area (Å²) in [5, 5.41) is 20.9. The second-order valence-corrected chi connectivity index (χ2v) is 14.2. The number of aliphatic hydroxyl groups excluding tert-OH is 2. The standard InChI is InChI=1S/C35H40F6N4O2/c1-33(2)15-25-28(26(47)16-33)27(21-7-11-34(37,38)12-8-21)29(30(36)22-3-5-24(6-4-22)35(39,40)41)31(44-25)23-9-13-45(14-10-23)32-42-17-20(19-46)18-43-32/h3-6,17-18,21,23,26,30,46-47H,7-16,19H2,1-2H3/t26-,30-/m0/s1. The van der Waals surface area contributed by atoms with Crippen LogP contribution < -0.4 is 4.90 Å². The van der Waals surface area contributed by atoms with Crippen molar-refractivity contribution in [1.82, 2.24) is 15.0 Å². The summed E-state index contributed by atoms with van der Waals surface area (Å²) in [4.78, 5) is 15.8. The second-order valence-electron chi connectivity index (χ2n) is 14.2. The number of aliphatic hydroxyl groups is 2. The van der Waals surface area contributed by atoms with Gasteiger partial charge in [-0.25, -0.2) is 23.1 Å². The predicted octanol–water partition coefficient (Wildman–Crippen LogP) is 8.12. The molecule has 2 atom stereocenters. The van der Waals surface area contributed by atoms with Crippen molar-refractivity contribution in [2.45, 2.75) is 108 Å². The number of fused-ring (bicyclic) bond motifs is 1. The number of anilines is 1. The molecule has 1 aromatic carbocycles. The number of hydrogen-bond donors (Lipinski definition) is 2. The monoisotopic (exact) mass is 662 g/mol. The van der Waals surface area contributed by atoms with Crippen LogP contribution in [-0.2, 0) is 19.2 Å². The van der Waals surface area contributed by atoms with Crippen LogP contribution in [-0.4, -0.2) is 44.2 Å². The fraction of sp³-hybridized carbons (Fsp3) is 0.571. The molecule has 3 aliphatic rings. The molecule has 0 bridgehead atoms. The van der Waals surface area contributed by atoms with Gasteiger partial charge in [-0.05, 0) is 73.1 Å². The van der Waals surface area contributed by atoms with Crippen molar-refractivity contribution in [3.8, 4) is 0 Å². The van der Waals surface area contributed by atoms with Crippen molar-refractivity contribution >= 4 is 5.95 Å². The summed E-state index contributed by atoms with van der Waals surface area (Å²) < 4.78 is 86.1. The van der Waals surface area contributed by atoms with Crippen molar-refractivity contribution in [2.24, 2.45) is 5.41 Å². The minimum Gasteiger partial charge on any atom is -0.392 e. The maximum absolute atomic E-state index is 17.1. The van der Waals surface area contributed by atoms with E-state index >= 15 is 4.39 Å². The summed E-state index contributed by atoms with van der Waals surface area (Å²) in [5.74, 6) is -3.02. The Balaban J connectivity index is 1.46. The molecule has 47 heavy (non-hydrogen) atoms. The number of nitrogens with zero attached hydrogens (tertiary/aromatic N) is 4. The molecule has 2 fully saturated rings. The lowest BCUT2D eigenvalue weighted by atomic mass is 9.68. The average molecular weight is 663 g/mol. The Hall–Kier alpha value is -3.25. The number of rotatable bonds is 6. The number of aromatic nitrogens is 3. The Kier molecular flexibility index (Phi) is 9.06. The first-order chi connectivity index (χ1) is 22.2. The van der Waals surface area contributed by atoms with E-state index in [1.165, 1.54) is 0 Å². The number of alkyl halides is 6. The van der Waals surface area contributed by atoms with Gasteiger partial charge < -0.3 is 15.1 Å². The Morgan fingerprint density at radius 2 is 1.55 bits per heavy atom. The van der Waals surface area contributed by atoms with Gasteiger partial charge in [0.1, 0.15) is 0 Å². The fourth-order valence-electron chi connectivity index (χ4n) is 7.66. The van der Waals surface area contributed by atoms with Crippen molar-refractivity contribution in [3.63, 3.8) is 0 Å². The smallest absolute Gasteiger partial charge is 0.392 e. The fourth-order valence-corrected chi connectivity index (χ4v) is 7.66. The number of pyridine rings is 1. The van der Waals surface area contributed by atoms with Crippen LogP contribution in [0.5, 0.6) is 0 Å². The molecule has 0 amide bonds. The van der Waals surface area contributed by atoms with Gasteiger partial charge in [0.15, 0.2) is 6.17 Å². The molecule has 2 aromatic heterocycles. The maximum Gasteiger partial charge on any atom is 0.416 e. The highest BCUT2D eigenvalue weighted by molar-refractivity contribution is 5.51. The van der Waals surface area contributed by atoms with Crippen LogP contribution in [0.15, 0.2) is 36.7 Å². The molecule has 3 aromatic rings. The SMILES string of the molecule is CC1(C)Cc2nc(C3CCN(c4ncc(CO)cn4)CC3)c([C@@H](F)c3ccc(C(F)(F)F)cc3)c(C3CCC(F)(F)CC3)c2[C@@H](O)C1. The summed E-state index contributed by atoms with van der Waals surface area (Å²) in [6, 6.07) is 3.97. The van der Waals surface area contributed by atoms with Crippen LogP contribution in [0.2, 0.25) is 0 Å². The van der Waals surface area contributed by atoms with Crippen molar-refractivity contribution in [3.05, 3.63) is 81.4 Å². The molecule has 0 unspecified atom stereocenters. The highest BCUT2D eigenvalue weighted by Crippen LogP contribution is 2.52. The normalized spacial score (nSPS) is 22.6. The predicted molar refractivity (Wildman–Crippen MR) is 164 cm³/mol. The van der Waals surface area contributed by atoms with E-state index in [0.29, 0.717) is 72.8 Å². The van der Waals surface area contributed by atoms with Gasteiger partial charge in [-0.2, -0.15) is 13.2 Å². The lowest BCUT2D eigenvalue weighted by Gasteiger charge is -2.41. The molecule has 6 rings (SSSR count). The number of hydrogen-bond acceptors (Lipinski definition) is 6. The van der Waals surface area contributed by atoms with Crippen LogP contribution in [0.1, 0.15) is 128 Å². The van der Waals surface area contributed by atoms with Gasteiger partial charge in [0, 0.05) is 66.6 Å². The van der Waals surface area contributed by atoms with E-state index in [1.807, 2.05) is 18.7 Å². The van der Waals surface area contributed by atoms with E-state index in [9.17, 15) is 32.2 Å². The first-order valence-corrected chi connectivity index (χ1v) is 16.3. The van der Waals surface area contributed by atoms with Crippen LogP contribution in [0, 0.1) is 5.41 Å². The Bertz CT molecular complexity index is 1560. The van der Waals surface area contributed by atoms with Gasteiger partial charge in [-0.3, -0.25) is 4.98 Å². The Morgan fingerprint density at radius 1 is 0.936 bits per heavy atom. The van der Waals surface area contributed by atoms with E-state index in [2.05, 4.69) is 9.97 Å². The number of benzene rings is 1.